The van der Waals surface area contributed by atoms with E-state index in [2.05, 4.69) is 11.4 Å². The van der Waals surface area contributed by atoms with Gasteiger partial charge in [0.2, 0.25) is 5.91 Å². The van der Waals surface area contributed by atoms with E-state index in [4.69, 9.17) is 9.97 Å². The Labute approximate surface area is 172 Å². The Morgan fingerprint density at radius 2 is 2.07 bits per heavy atom. The molecule has 1 unspecified atom stereocenters. The van der Waals surface area contributed by atoms with Crippen LogP contribution in [0, 0.1) is 0 Å². The molecule has 2 aliphatic rings. The number of fused-ring (bicyclic) bond motifs is 1. The molecule has 1 saturated heterocycles. The predicted octanol–water partition coefficient (Wildman–Crippen LogP) is 1.99. The van der Waals surface area contributed by atoms with Gasteiger partial charge in [-0.15, -0.1) is 0 Å². The molecular weight excluding hydrogens is 364 g/mol. The van der Waals surface area contributed by atoms with Crippen LogP contribution >= 0.6 is 0 Å². The first-order valence-corrected chi connectivity index (χ1v) is 10.4. The molecular formula is C22H30N6O. The monoisotopic (exact) mass is 394 g/mol. The molecule has 7 nitrogen and oxygen atoms in total. The van der Waals surface area contributed by atoms with Gasteiger partial charge >= 0.3 is 0 Å². The number of hydrogen-bond acceptors (Lipinski definition) is 6. The quantitative estimate of drug-likeness (QED) is 0.808. The molecule has 1 amide bonds. The van der Waals surface area contributed by atoms with Gasteiger partial charge in [-0.25, -0.2) is 9.97 Å². The molecule has 0 saturated carbocycles. The molecule has 0 bridgehead atoms. The predicted molar refractivity (Wildman–Crippen MR) is 115 cm³/mol. The number of anilines is 2. The molecule has 7 heteroatoms. The zero-order valence-electron chi connectivity index (χ0n) is 17.6. The van der Waals surface area contributed by atoms with Crippen LogP contribution in [0.25, 0.3) is 0 Å². The van der Waals surface area contributed by atoms with Gasteiger partial charge in [-0.3, -0.25) is 9.69 Å². The molecule has 1 fully saturated rings. The maximum absolute atomic E-state index is 12.9. The van der Waals surface area contributed by atoms with Crippen molar-refractivity contribution in [3.63, 3.8) is 0 Å². The summed E-state index contributed by atoms with van der Waals surface area (Å²) in [4.78, 5) is 28.4. The van der Waals surface area contributed by atoms with Crippen molar-refractivity contribution in [2.75, 3.05) is 50.6 Å². The van der Waals surface area contributed by atoms with Gasteiger partial charge in [-0.1, -0.05) is 18.2 Å². The lowest BCUT2D eigenvalue weighted by Gasteiger charge is -2.23. The summed E-state index contributed by atoms with van der Waals surface area (Å²) in [6.07, 6.45) is 3.15. The van der Waals surface area contributed by atoms with E-state index in [1.54, 1.807) is 0 Å². The Balaban J connectivity index is 1.45. The van der Waals surface area contributed by atoms with Gasteiger partial charge in [0, 0.05) is 38.9 Å². The van der Waals surface area contributed by atoms with E-state index in [-0.39, 0.29) is 11.9 Å². The molecule has 1 N–H and O–H groups in total. The third-order valence-electron chi connectivity index (χ3n) is 5.64. The molecule has 1 atom stereocenters. The standard InChI is InChI=1S/C22H30N6O/c1-26(2)20-13-17(24-22(25-20)18-8-6-11-23-18)14-27(3)15-21(29)28-12-10-16-7-4-5-9-19(16)28/h4-5,7,9,13,18,23H,6,8,10-12,14-15H2,1-3H3. The Morgan fingerprint density at radius 3 is 2.83 bits per heavy atom. The number of nitrogens with one attached hydrogen (secondary N) is 1. The highest BCUT2D eigenvalue weighted by Gasteiger charge is 2.25. The minimum Gasteiger partial charge on any atom is -0.363 e. The molecule has 3 heterocycles. The summed E-state index contributed by atoms with van der Waals surface area (Å²) in [5, 5.41) is 3.48. The number of aromatic nitrogens is 2. The van der Waals surface area contributed by atoms with Crippen LogP contribution in [0.2, 0.25) is 0 Å². The second kappa shape index (κ2) is 8.47. The van der Waals surface area contributed by atoms with Crippen molar-refractivity contribution in [3.8, 4) is 0 Å². The van der Waals surface area contributed by atoms with E-state index >= 15 is 0 Å². The van der Waals surface area contributed by atoms with E-state index in [1.807, 2.05) is 60.1 Å². The van der Waals surface area contributed by atoms with Crippen LogP contribution in [0.5, 0.6) is 0 Å². The van der Waals surface area contributed by atoms with Crippen LogP contribution in [-0.2, 0) is 17.8 Å². The Morgan fingerprint density at radius 1 is 1.24 bits per heavy atom. The van der Waals surface area contributed by atoms with E-state index < -0.39 is 0 Å². The average Bonchev–Trinajstić information content (AvgIpc) is 3.37. The second-order valence-electron chi connectivity index (χ2n) is 8.22. The first kappa shape index (κ1) is 19.8. The normalized spacial score (nSPS) is 18.3. The van der Waals surface area contributed by atoms with Gasteiger partial charge in [-0.05, 0) is 44.5 Å². The second-order valence-corrected chi connectivity index (χ2v) is 8.22. The molecule has 2 aliphatic heterocycles. The number of benzene rings is 1. The van der Waals surface area contributed by atoms with Crippen molar-refractivity contribution in [2.45, 2.75) is 31.8 Å². The lowest BCUT2D eigenvalue weighted by molar-refractivity contribution is -0.119. The molecule has 154 valence electrons. The number of likely N-dealkylation sites (N-methyl/N-ethyl adjacent to an activating group) is 1. The summed E-state index contributed by atoms with van der Waals surface area (Å²) in [5.41, 5.74) is 3.26. The highest BCUT2D eigenvalue weighted by atomic mass is 16.2. The van der Waals surface area contributed by atoms with Gasteiger partial charge in [0.15, 0.2) is 0 Å². The summed E-state index contributed by atoms with van der Waals surface area (Å²) < 4.78 is 0. The minimum absolute atomic E-state index is 0.136. The lowest BCUT2D eigenvalue weighted by Crippen LogP contribution is -2.38. The van der Waals surface area contributed by atoms with Crippen molar-refractivity contribution in [1.29, 1.82) is 0 Å². The third kappa shape index (κ3) is 4.41. The van der Waals surface area contributed by atoms with Gasteiger partial charge in [-0.2, -0.15) is 0 Å². The largest absolute Gasteiger partial charge is 0.363 e. The summed E-state index contributed by atoms with van der Waals surface area (Å²) in [5.74, 6) is 1.90. The van der Waals surface area contributed by atoms with Crippen LogP contribution in [0.1, 0.15) is 36.0 Å². The van der Waals surface area contributed by atoms with Crippen molar-refractivity contribution in [2.24, 2.45) is 0 Å². The first-order valence-electron chi connectivity index (χ1n) is 10.4. The summed E-state index contributed by atoms with van der Waals surface area (Å²) in [7, 11) is 5.97. The van der Waals surface area contributed by atoms with Crippen LogP contribution in [0.4, 0.5) is 11.5 Å². The third-order valence-corrected chi connectivity index (χ3v) is 5.64. The summed E-state index contributed by atoms with van der Waals surface area (Å²) >= 11 is 0. The highest BCUT2D eigenvalue weighted by molar-refractivity contribution is 5.96. The topological polar surface area (TPSA) is 64.6 Å². The number of hydrogen-bond donors (Lipinski definition) is 1. The highest BCUT2D eigenvalue weighted by Crippen LogP contribution is 2.27. The van der Waals surface area contributed by atoms with E-state index in [1.165, 1.54) is 5.56 Å². The molecule has 0 spiro atoms. The SMILES string of the molecule is CN(CC(=O)N1CCc2ccccc21)Cc1cc(N(C)C)nc(C2CCCN2)n1. The van der Waals surface area contributed by atoms with Gasteiger partial charge < -0.3 is 15.1 Å². The van der Waals surface area contributed by atoms with Gasteiger partial charge in [0.05, 0.1) is 18.3 Å². The van der Waals surface area contributed by atoms with Gasteiger partial charge in [0.25, 0.3) is 0 Å². The zero-order valence-corrected chi connectivity index (χ0v) is 17.6. The fraction of sp³-hybridized carbons (Fsp3) is 0.500. The summed E-state index contributed by atoms with van der Waals surface area (Å²) in [6.45, 7) is 2.76. The number of nitrogens with zero attached hydrogens (tertiary/aromatic N) is 5. The molecule has 29 heavy (non-hydrogen) atoms. The van der Waals surface area contributed by atoms with Crippen molar-refractivity contribution in [3.05, 3.63) is 47.4 Å². The van der Waals surface area contributed by atoms with Crippen LogP contribution in [0.3, 0.4) is 0 Å². The molecule has 2 aromatic rings. The number of amides is 1. The summed E-state index contributed by atoms with van der Waals surface area (Å²) in [6, 6.07) is 10.4. The molecule has 1 aromatic carbocycles. The van der Waals surface area contributed by atoms with Gasteiger partial charge in [0.1, 0.15) is 11.6 Å². The van der Waals surface area contributed by atoms with Crippen molar-refractivity contribution in [1.82, 2.24) is 20.2 Å². The average molecular weight is 395 g/mol. The van der Waals surface area contributed by atoms with Crippen LogP contribution in [0.15, 0.2) is 30.3 Å². The fourth-order valence-corrected chi connectivity index (χ4v) is 4.12. The molecule has 0 aliphatic carbocycles. The molecule has 0 radical (unpaired) electrons. The fourth-order valence-electron chi connectivity index (χ4n) is 4.12. The van der Waals surface area contributed by atoms with Crippen molar-refractivity contribution < 1.29 is 4.79 Å². The lowest BCUT2D eigenvalue weighted by atomic mass is 10.2. The maximum Gasteiger partial charge on any atom is 0.241 e. The van der Waals surface area contributed by atoms with E-state index in [0.29, 0.717) is 13.1 Å². The number of para-hydroxylation sites is 1. The number of carbonyl (C=O) groups excluding carboxylic acids is 1. The Bertz CT molecular complexity index is 877. The molecule has 1 aromatic heterocycles. The molecule has 4 rings (SSSR count). The smallest absolute Gasteiger partial charge is 0.241 e. The van der Waals surface area contributed by atoms with E-state index in [0.717, 1.165) is 55.4 Å². The van der Waals surface area contributed by atoms with Crippen LogP contribution in [-0.4, -0.2) is 61.6 Å². The van der Waals surface area contributed by atoms with Crippen LogP contribution < -0.4 is 15.1 Å². The maximum atomic E-state index is 12.9. The Kier molecular flexibility index (Phi) is 5.78. The first-order chi connectivity index (χ1) is 14.0. The Hall–Kier alpha value is -2.51. The minimum atomic E-state index is 0.136. The van der Waals surface area contributed by atoms with E-state index in [9.17, 15) is 4.79 Å². The zero-order chi connectivity index (χ0) is 20.4. The van der Waals surface area contributed by atoms with Crippen molar-refractivity contribution >= 4 is 17.4 Å². The number of carbonyl (C=O) groups is 1. The number of rotatable bonds is 6.